The van der Waals surface area contributed by atoms with Gasteiger partial charge < -0.3 is 19.6 Å². The second kappa shape index (κ2) is 12.2. The van der Waals surface area contributed by atoms with Gasteiger partial charge in [-0.25, -0.2) is 41.9 Å². The summed E-state index contributed by atoms with van der Waals surface area (Å²) in [4.78, 5) is 37.9. The van der Waals surface area contributed by atoms with Gasteiger partial charge in [-0.1, -0.05) is 5.21 Å². The van der Waals surface area contributed by atoms with Gasteiger partial charge in [0.05, 0.1) is 34.6 Å². The highest BCUT2D eigenvalue weighted by molar-refractivity contribution is 7.89. The van der Waals surface area contributed by atoms with Crippen molar-refractivity contribution in [3.63, 3.8) is 0 Å². The summed E-state index contributed by atoms with van der Waals surface area (Å²) in [5.74, 6) is 0. The van der Waals surface area contributed by atoms with E-state index in [1.165, 1.54) is 19.4 Å². The Morgan fingerprint density at radius 3 is 2.43 bits per heavy atom. The second-order valence-electron chi connectivity index (χ2n) is 13.0. The molecular formula is C31H39N9O6S. The van der Waals surface area contributed by atoms with E-state index in [-0.39, 0.29) is 34.2 Å². The monoisotopic (exact) mass is 665 g/mol. The van der Waals surface area contributed by atoms with Crippen LogP contribution in [-0.4, -0.2) is 98.5 Å². The van der Waals surface area contributed by atoms with Gasteiger partial charge in [0.2, 0.25) is 10.0 Å². The number of likely N-dealkylation sites (tertiary alicyclic amines) is 1. The summed E-state index contributed by atoms with van der Waals surface area (Å²) in [5, 5.41) is 18.7. The van der Waals surface area contributed by atoms with E-state index in [1.54, 1.807) is 27.9 Å². The normalized spacial score (nSPS) is 17.9. The van der Waals surface area contributed by atoms with Crippen molar-refractivity contribution >= 4 is 39.1 Å². The van der Waals surface area contributed by atoms with Gasteiger partial charge in [-0.3, -0.25) is 0 Å². The van der Waals surface area contributed by atoms with Crippen LogP contribution in [0.15, 0.2) is 41.7 Å². The van der Waals surface area contributed by atoms with Crippen LogP contribution < -0.4 is 9.62 Å². The maximum Gasteiger partial charge on any atom is 0.417 e. The lowest BCUT2D eigenvalue weighted by molar-refractivity contribution is 0.0184. The summed E-state index contributed by atoms with van der Waals surface area (Å²) in [6, 6.07) is 5.31. The largest absolute Gasteiger partial charge is 0.464 e. The summed E-state index contributed by atoms with van der Waals surface area (Å²) in [6.07, 6.45) is 6.31. The maximum absolute atomic E-state index is 12.9. The Morgan fingerprint density at radius 2 is 1.79 bits per heavy atom. The highest BCUT2D eigenvalue weighted by atomic mass is 32.2. The fourth-order valence-electron chi connectivity index (χ4n) is 6.17. The lowest BCUT2D eigenvalue weighted by atomic mass is 10.1. The van der Waals surface area contributed by atoms with Gasteiger partial charge in [-0.2, -0.15) is 0 Å². The van der Waals surface area contributed by atoms with Crippen LogP contribution in [0.5, 0.6) is 0 Å². The molecule has 0 radical (unpaired) electrons. The number of carboxylic acid groups (broad SMARTS) is 1. The third-order valence-corrected chi connectivity index (χ3v) is 10.0. The average Bonchev–Trinajstić information content (AvgIpc) is 3.78. The molecule has 0 saturated carbocycles. The smallest absolute Gasteiger partial charge is 0.417 e. The Hall–Kier alpha value is -4.57. The number of hydrogen-bond donors (Lipinski definition) is 2. The maximum atomic E-state index is 12.9. The number of piperidine rings is 1. The molecule has 3 aromatic heterocycles. The van der Waals surface area contributed by atoms with E-state index in [9.17, 15) is 23.1 Å². The SMILES string of the molecule is CNS(=O)(=O)c1cc(-c2cnc3c(n2)c(-c2cn(C4CCN(C(=O)OC(C)(C)C)CC4)nn2)cn3C(=O)O)cc(N2CCCC2C)c1. The molecule has 0 aliphatic carbocycles. The summed E-state index contributed by atoms with van der Waals surface area (Å²) >= 11 is 0. The summed E-state index contributed by atoms with van der Waals surface area (Å²) in [6.45, 7) is 9.42. The first-order chi connectivity index (χ1) is 22.2. The quantitative estimate of drug-likeness (QED) is 0.299. The number of fused-ring (bicyclic) bond motifs is 1. The molecule has 1 aromatic carbocycles. The van der Waals surface area contributed by atoms with Crippen LogP contribution in [0, 0.1) is 0 Å². The number of benzene rings is 1. The molecule has 0 spiro atoms. The zero-order valence-electron chi connectivity index (χ0n) is 27.0. The van der Waals surface area contributed by atoms with E-state index in [1.807, 2.05) is 26.8 Å². The first-order valence-corrected chi connectivity index (χ1v) is 17.1. The van der Waals surface area contributed by atoms with E-state index in [0.717, 1.165) is 29.6 Å². The molecule has 250 valence electrons. The van der Waals surface area contributed by atoms with Gasteiger partial charge in [0.1, 0.15) is 16.8 Å². The minimum atomic E-state index is -3.78. The van der Waals surface area contributed by atoms with Crippen LogP contribution in [0.2, 0.25) is 0 Å². The molecule has 4 aromatic rings. The number of carbonyl (C=O) groups excluding carboxylic acids is 1. The topological polar surface area (TPSA) is 178 Å². The molecule has 16 heteroatoms. The first kappa shape index (κ1) is 32.4. The fraction of sp³-hybridized carbons (Fsp3) is 0.484. The first-order valence-electron chi connectivity index (χ1n) is 15.6. The van der Waals surface area contributed by atoms with Crippen LogP contribution in [0.25, 0.3) is 33.7 Å². The second-order valence-corrected chi connectivity index (χ2v) is 14.9. The molecule has 1 amide bonds. The summed E-state index contributed by atoms with van der Waals surface area (Å²) in [5.41, 5.74) is 2.32. The van der Waals surface area contributed by atoms with E-state index in [2.05, 4.69) is 31.8 Å². The Kier molecular flexibility index (Phi) is 8.42. The Balaban J connectivity index is 1.35. The number of sulfonamides is 1. The van der Waals surface area contributed by atoms with Gasteiger partial charge in [-0.05, 0) is 78.6 Å². The van der Waals surface area contributed by atoms with E-state index >= 15 is 0 Å². The van der Waals surface area contributed by atoms with Crippen LogP contribution in [0.4, 0.5) is 15.3 Å². The summed E-state index contributed by atoms with van der Waals surface area (Å²) < 4.78 is 36.5. The molecule has 2 saturated heterocycles. The standard InChI is InChI=1S/C31H39N9O6S/c1-19-7-6-10-38(19)22-13-20(14-23(15-22)47(44,45)32-5)25-16-33-28-27(34-25)24(17-39(28)29(41)42)26-18-40(36-35-26)21-8-11-37(12-9-21)30(43)46-31(2,3)4/h13-19,21,32H,6-12H2,1-5H3,(H,41,42). The van der Waals surface area contributed by atoms with Crippen LogP contribution >= 0.6 is 0 Å². The third-order valence-electron chi connectivity index (χ3n) is 8.63. The molecule has 2 N–H and O–H groups in total. The molecule has 1 atom stereocenters. The predicted octanol–water partition coefficient (Wildman–Crippen LogP) is 4.35. The molecule has 5 heterocycles. The lowest BCUT2D eigenvalue weighted by Gasteiger charge is -2.33. The molecule has 15 nitrogen and oxygen atoms in total. The number of rotatable bonds is 6. The number of anilines is 1. The number of aromatic nitrogens is 6. The third kappa shape index (κ3) is 6.52. The van der Waals surface area contributed by atoms with Gasteiger partial charge in [0, 0.05) is 43.1 Å². The van der Waals surface area contributed by atoms with Gasteiger partial charge in [0.25, 0.3) is 0 Å². The number of nitrogens with one attached hydrogen (secondary N) is 1. The number of amides is 1. The van der Waals surface area contributed by atoms with Crippen LogP contribution in [0.1, 0.15) is 59.4 Å². The van der Waals surface area contributed by atoms with Crippen LogP contribution in [0.3, 0.4) is 0 Å². The molecular weight excluding hydrogens is 626 g/mol. The predicted molar refractivity (Wildman–Crippen MR) is 174 cm³/mol. The number of nitrogens with zero attached hydrogens (tertiary/aromatic N) is 8. The Bertz CT molecular complexity index is 1940. The van der Waals surface area contributed by atoms with Gasteiger partial charge in [0.15, 0.2) is 5.65 Å². The zero-order valence-corrected chi connectivity index (χ0v) is 27.9. The molecule has 6 rings (SSSR count). The van der Waals surface area contributed by atoms with E-state index in [4.69, 9.17) is 9.72 Å². The van der Waals surface area contributed by atoms with Crippen molar-refractivity contribution in [3.8, 4) is 22.5 Å². The molecule has 2 fully saturated rings. The molecule has 2 aliphatic heterocycles. The summed E-state index contributed by atoms with van der Waals surface area (Å²) in [7, 11) is -2.41. The molecule has 2 aliphatic rings. The van der Waals surface area contributed by atoms with Crippen LogP contribution in [-0.2, 0) is 14.8 Å². The van der Waals surface area contributed by atoms with E-state index < -0.39 is 21.7 Å². The molecule has 47 heavy (non-hydrogen) atoms. The number of hydrogen-bond acceptors (Lipinski definition) is 10. The molecule has 0 bridgehead atoms. The Morgan fingerprint density at radius 1 is 1.04 bits per heavy atom. The average molecular weight is 666 g/mol. The number of ether oxygens (including phenoxy) is 1. The minimum Gasteiger partial charge on any atom is -0.464 e. The van der Waals surface area contributed by atoms with Crippen molar-refractivity contribution in [2.75, 3.05) is 31.6 Å². The molecule has 1 unspecified atom stereocenters. The van der Waals surface area contributed by atoms with Crippen molar-refractivity contribution in [1.82, 2.24) is 39.2 Å². The lowest BCUT2D eigenvalue weighted by Crippen LogP contribution is -2.42. The van der Waals surface area contributed by atoms with Crippen molar-refractivity contribution < 1.29 is 27.9 Å². The Labute approximate surface area is 272 Å². The van der Waals surface area contributed by atoms with E-state index in [0.29, 0.717) is 48.4 Å². The fourth-order valence-corrected chi connectivity index (χ4v) is 6.96. The van der Waals surface area contributed by atoms with Crippen molar-refractivity contribution in [2.45, 2.75) is 76.0 Å². The minimum absolute atomic E-state index is 0.0207. The van der Waals surface area contributed by atoms with Crippen molar-refractivity contribution in [2.24, 2.45) is 0 Å². The van der Waals surface area contributed by atoms with Gasteiger partial charge in [-0.15, -0.1) is 5.10 Å². The van der Waals surface area contributed by atoms with Crippen molar-refractivity contribution in [3.05, 3.63) is 36.8 Å². The van der Waals surface area contributed by atoms with Crippen molar-refractivity contribution in [1.29, 1.82) is 0 Å². The zero-order chi connectivity index (χ0) is 33.7. The number of carbonyl (C=O) groups is 2. The van der Waals surface area contributed by atoms with Gasteiger partial charge >= 0.3 is 12.2 Å². The highest BCUT2D eigenvalue weighted by Gasteiger charge is 2.29. The highest BCUT2D eigenvalue weighted by Crippen LogP contribution is 2.35.